The van der Waals surface area contributed by atoms with Crippen LogP contribution in [0.25, 0.3) is 0 Å². The summed E-state index contributed by atoms with van der Waals surface area (Å²) >= 11 is 5.08. The molecule has 2 atom stereocenters. The normalized spacial score (nSPS) is 29.8. The molecule has 0 aromatic heterocycles. The Morgan fingerprint density at radius 3 is 2.31 bits per heavy atom. The van der Waals surface area contributed by atoms with E-state index >= 15 is 0 Å². The average Bonchev–Trinajstić information content (AvgIpc) is 2.11. The summed E-state index contributed by atoms with van der Waals surface area (Å²) in [7, 11) is 1.84. The zero-order chi connectivity index (χ0) is 9.84. The van der Waals surface area contributed by atoms with Crippen LogP contribution in [-0.4, -0.2) is 29.3 Å². The van der Waals surface area contributed by atoms with Crippen molar-refractivity contribution in [3.8, 4) is 0 Å². The van der Waals surface area contributed by atoms with Crippen LogP contribution in [0.2, 0.25) is 0 Å². The van der Waals surface area contributed by atoms with Gasteiger partial charge < -0.3 is 5.32 Å². The van der Waals surface area contributed by atoms with E-state index in [2.05, 4.69) is 29.6 Å². The maximum atomic E-state index is 5.08. The predicted octanol–water partition coefficient (Wildman–Crippen LogP) is 1.26. The predicted molar refractivity (Wildman–Crippen MR) is 59.4 cm³/mol. The highest BCUT2D eigenvalue weighted by Crippen LogP contribution is 2.19. The summed E-state index contributed by atoms with van der Waals surface area (Å²) in [5, 5.41) is 5.89. The highest BCUT2D eigenvalue weighted by atomic mass is 32.1. The maximum absolute atomic E-state index is 5.08. The molecule has 0 aliphatic carbocycles. The van der Waals surface area contributed by atoms with Crippen LogP contribution in [0, 0.1) is 0 Å². The van der Waals surface area contributed by atoms with Gasteiger partial charge in [0.2, 0.25) is 0 Å². The van der Waals surface area contributed by atoms with E-state index in [0.717, 1.165) is 0 Å². The number of nitrogens with one attached hydrogen (secondary N) is 2. The molecule has 1 aliphatic heterocycles. The fourth-order valence-electron chi connectivity index (χ4n) is 1.81. The molecule has 1 heterocycles. The first-order chi connectivity index (χ1) is 6.15. The highest BCUT2D eigenvalue weighted by Gasteiger charge is 2.24. The third kappa shape index (κ3) is 2.81. The molecule has 3 nitrogen and oxygen atoms in total. The first-order valence-corrected chi connectivity index (χ1v) is 5.32. The fraction of sp³-hybridized carbons (Fsp3) is 0.889. The smallest absolute Gasteiger partial charge is 0.180 e. The van der Waals surface area contributed by atoms with Crippen molar-refractivity contribution in [3.05, 3.63) is 0 Å². The van der Waals surface area contributed by atoms with Crippen LogP contribution in [0.3, 0.4) is 0 Å². The zero-order valence-corrected chi connectivity index (χ0v) is 9.45. The number of nitrogens with zero attached hydrogens (tertiary/aromatic N) is 1. The fourth-order valence-corrected chi connectivity index (χ4v) is 1.92. The minimum atomic E-state index is 0.579. The number of hydrogen-bond donors (Lipinski definition) is 2. The van der Waals surface area contributed by atoms with Gasteiger partial charge in [0.15, 0.2) is 5.11 Å². The van der Waals surface area contributed by atoms with E-state index in [1.165, 1.54) is 19.3 Å². The van der Waals surface area contributed by atoms with Gasteiger partial charge in [-0.2, -0.15) is 0 Å². The van der Waals surface area contributed by atoms with Gasteiger partial charge in [-0.05, 0) is 38.9 Å². The van der Waals surface area contributed by atoms with Crippen molar-refractivity contribution in [2.45, 2.75) is 45.2 Å². The van der Waals surface area contributed by atoms with Crippen molar-refractivity contribution in [1.29, 1.82) is 0 Å². The molecule has 1 aliphatic rings. The lowest BCUT2D eigenvalue weighted by Gasteiger charge is -2.39. The van der Waals surface area contributed by atoms with E-state index in [0.29, 0.717) is 17.2 Å². The SMILES string of the molecule is CNC(=S)NN1C(C)CCCC1C. The minimum absolute atomic E-state index is 0.579. The molecule has 4 heteroatoms. The van der Waals surface area contributed by atoms with Crippen LogP contribution in [0.1, 0.15) is 33.1 Å². The number of piperidine rings is 1. The molecule has 1 rings (SSSR count). The molecule has 1 fully saturated rings. The molecule has 0 amide bonds. The first-order valence-electron chi connectivity index (χ1n) is 4.92. The van der Waals surface area contributed by atoms with Gasteiger partial charge in [0, 0.05) is 19.1 Å². The molecule has 2 N–H and O–H groups in total. The van der Waals surface area contributed by atoms with Crippen LogP contribution in [0.5, 0.6) is 0 Å². The molecule has 0 aromatic rings. The number of hydrazine groups is 1. The Labute approximate surface area is 85.8 Å². The first kappa shape index (κ1) is 10.7. The molecule has 0 aromatic carbocycles. The molecule has 0 spiro atoms. The maximum Gasteiger partial charge on any atom is 0.180 e. The van der Waals surface area contributed by atoms with Gasteiger partial charge in [-0.3, -0.25) is 5.43 Å². The van der Waals surface area contributed by atoms with Crippen molar-refractivity contribution < 1.29 is 0 Å². The van der Waals surface area contributed by atoms with E-state index in [4.69, 9.17) is 12.2 Å². The van der Waals surface area contributed by atoms with E-state index in [-0.39, 0.29) is 0 Å². The lowest BCUT2D eigenvalue weighted by Crippen LogP contribution is -2.55. The lowest BCUT2D eigenvalue weighted by atomic mass is 10.00. The molecule has 0 saturated carbocycles. The third-order valence-electron chi connectivity index (χ3n) is 2.65. The Hall–Kier alpha value is -0.350. The van der Waals surface area contributed by atoms with E-state index < -0.39 is 0 Å². The summed E-state index contributed by atoms with van der Waals surface area (Å²) in [5.41, 5.74) is 3.22. The van der Waals surface area contributed by atoms with Gasteiger partial charge in [0.05, 0.1) is 0 Å². The van der Waals surface area contributed by atoms with Crippen LogP contribution in [0.15, 0.2) is 0 Å². The summed E-state index contributed by atoms with van der Waals surface area (Å²) in [4.78, 5) is 0. The summed E-state index contributed by atoms with van der Waals surface area (Å²) in [6, 6.07) is 1.16. The Bertz CT molecular complexity index is 174. The van der Waals surface area contributed by atoms with Gasteiger partial charge in [-0.1, -0.05) is 6.42 Å². The van der Waals surface area contributed by atoms with Crippen molar-refractivity contribution in [2.75, 3.05) is 7.05 Å². The van der Waals surface area contributed by atoms with Crippen molar-refractivity contribution in [1.82, 2.24) is 15.8 Å². The second-order valence-electron chi connectivity index (χ2n) is 3.73. The van der Waals surface area contributed by atoms with E-state index in [9.17, 15) is 0 Å². The van der Waals surface area contributed by atoms with Crippen LogP contribution >= 0.6 is 12.2 Å². The summed E-state index contributed by atoms with van der Waals surface area (Å²) in [5.74, 6) is 0. The molecule has 1 saturated heterocycles. The summed E-state index contributed by atoms with van der Waals surface area (Å²) in [6.45, 7) is 4.47. The summed E-state index contributed by atoms with van der Waals surface area (Å²) < 4.78 is 0. The van der Waals surface area contributed by atoms with Crippen molar-refractivity contribution in [3.63, 3.8) is 0 Å². The Balaban J connectivity index is 2.48. The van der Waals surface area contributed by atoms with Gasteiger partial charge in [0.1, 0.15) is 0 Å². The molecular weight excluding hydrogens is 182 g/mol. The van der Waals surface area contributed by atoms with Crippen molar-refractivity contribution >= 4 is 17.3 Å². The quantitative estimate of drug-likeness (QED) is 0.625. The third-order valence-corrected chi connectivity index (χ3v) is 2.95. The monoisotopic (exact) mass is 201 g/mol. The van der Waals surface area contributed by atoms with Crippen LogP contribution < -0.4 is 10.7 Å². The Morgan fingerprint density at radius 1 is 1.31 bits per heavy atom. The van der Waals surface area contributed by atoms with Gasteiger partial charge in [0.25, 0.3) is 0 Å². The largest absolute Gasteiger partial charge is 0.365 e. The number of rotatable bonds is 1. The Kier molecular flexibility index (Phi) is 3.93. The Morgan fingerprint density at radius 2 is 1.85 bits per heavy atom. The minimum Gasteiger partial charge on any atom is -0.365 e. The standard InChI is InChI=1S/C9H19N3S/c1-7-5-4-6-8(2)12(7)11-9(13)10-3/h7-8H,4-6H2,1-3H3,(H2,10,11,13). The topological polar surface area (TPSA) is 27.3 Å². The second-order valence-corrected chi connectivity index (χ2v) is 4.14. The van der Waals surface area contributed by atoms with Gasteiger partial charge in [-0.15, -0.1) is 0 Å². The van der Waals surface area contributed by atoms with Gasteiger partial charge >= 0.3 is 0 Å². The number of thiocarbonyl (C=S) groups is 1. The van der Waals surface area contributed by atoms with Crippen LogP contribution in [-0.2, 0) is 0 Å². The van der Waals surface area contributed by atoms with Crippen molar-refractivity contribution in [2.24, 2.45) is 0 Å². The van der Waals surface area contributed by atoms with E-state index in [1.54, 1.807) is 0 Å². The van der Waals surface area contributed by atoms with Crippen LogP contribution in [0.4, 0.5) is 0 Å². The molecular formula is C9H19N3S. The lowest BCUT2D eigenvalue weighted by molar-refractivity contribution is 0.0738. The molecule has 0 radical (unpaired) electrons. The van der Waals surface area contributed by atoms with E-state index in [1.807, 2.05) is 7.05 Å². The second kappa shape index (κ2) is 4.77. The number of hydrogen-bond acceptors (Lipinski definition) is 2. The zero-order valence-electron chi connectivity index (χ0n) is 8.63. The molecule has 2 unspecified atom stereocenters. The molecule has 0 bridgehead atoms. The molecule has 76 valence electrons. The average molecular weight is 201 g/mol. The van der Waals surface area contributed by atoms with Gasteiger partial charge in [-0.25, -0.2) is 5.01 Å². The summed E-state index contributed by atoms with van der Waals surface area (Å²) in [6.07, 6.45) is 3.83. The highest BCUT2D eigenvalue weighted by molar-refractivity contribution is 7.80. The molecule has 13 heavy (non-hydrogen) atoms.